The molecule has 0 amide bonds. The van der Waals surface area contributed by atoms with Crippen molar-refractivity contribution in [1.82, 2.24) is 4.90 Å². The number of likely N-dealkylation sites (tertiary alicyclic amines) is 1. The number of ether oxygens (including phenoxy) is 1. The smallest absolute Gasteiger partial charge is 0.304 e. The second-order valence-electron chi connectivity index (χ2n) is 12.7. The molecular weight excluding hydrogens is 412 g/mol. The third-order valence-corrected chi connectivity index (χ3v) is 11.9. The summed E-state index contributed by atoms with van der Waals surface area (Å²) in [6, 6.07) is 0.660. The Morgan fingerprint density at radius 1 is 1.18 bits per heavy atom. The van der Waals surface area contributed by atoms with Crippen LogP contribution in [0.15, 0.2) is 5.16 Å². The minimum atomic E-state index is -0.706. The average Bonchev–Trinajstić information content (AvgIpc) is 3.43. The minimum Gasteiger partial charge on any atom is -0.445 e. The van der Waals surface area contributed by atoms with Crippen LogP contribution in [0.5, 0.6) is 0 Å². The largest absolute Gasteiger partial charge is 0.445 e. The lowest BCUT2D eigenvalue weighted by molar-refractivity contribution is -0.170. The molecule has 1 N–H and O–H groups in total. The monoisotopic (exact) mass is 452 g/mol. The maximum absolute atomic E-state index is 12.0. The van der Waals surface area contributed by atoms with Crippen LogP contribution in [0.1, 0.15) is 90.9 Å². The highest BCUT2D eigenvalue weighted by Crippen LogP contribution is 2.83. The standard InChI is InChI=1S/C28H40N2O3/c1-4-28(33-19(2)31)14-10-23-22-8-12-26-16-21(30-15-5-6-20(17-30)29-32)7-13-27(26,18-26)24(22)9-11-25(23,28)3/h1,21-24,32H,5-18H2,2-3H3/t21?,22-,23-,24-,25-,26+,27-,28-/m0/s1. The van der Waals surface area contributed by atoms with Gasteiger partial charge in [0.2, 0.25) is 0 Å². The summed E-state index contributed by atoms with van der Waals surface area (Å²) in [4.78, 5) is 14.6. The molecule has 180 valence electrons. The summed E-state index contributed by atoms with van der Waals surface area (Å²) in [5.74, 6) is 4.92. The molecule has 1 saturated heterocycles. The first-order valence-corrected chi connectivity index (χ1v) is 13.4. The SMILES string of the molecule is C#C[C@]1(OC(C)=O)CC[C@H]2[C@@H]3CC[C@]45CC(N6CCCC(=NO)C6)CC[C@]4(C5)[C@H]3CC[C@@]21C. The minimum absolute atomic E-state index is 0.0782. The molecular formula is C28H40N2O3. The fourth-order valence-electron chi connectivity index (χ4n) is 10.4. The van der Waals surface area contributed by atoms with Crippen LogP contribution in [0.4, 0.5) is 0 Å². The highest BCUT2D eigenvalue weighted by atomic mass is 16.6. The predicted octanol–water partition coefficient (Wildman–Crippen LogP) is 5.01. The first kappa shape index (κ1) is 22.0. The van der Waals surface area contributed by atoms with Gasteiger partial charge >= 0.3 is 5.97 Å². The van der Waals surface area contributed by atoms with E-state index < -0.39 is 5.60 Å². The van der Waals surface area contributed by atoms with E-state index in [4.69, 9.17) is 11.2 Å². The van der Waals surface area contributed by atoms with Crippen molar-refractivity contribution in [3.8, 4) is 12.3 Å². The van der Waals surface area contributed by atoms with Gasteiger partial charge in [0.15, 0.2) is 5.60 Å². The maximum atomic E-state index is 12.0. The van der Waals surface area contributed by atoms with E-state index in [9.17, 15) is 10.0 Å². The summed E-state index contributed by atoms with van der Waals surface area (Å²) in [5, 5.41) is 12.9. The zero-order chi connectivity index (χ0) is 23.1. The molecule has 0 radical (unpaired) electrons. The summed E-state index contributed by atoms with van der Waals surface area (Å²) >= 11 is 0. The van der Waals surface area contributed by atoms with E-state index in [1.54, 1.807) is 0 Å². The van der Waals surface area contributed by atoms with E-state index in [2.05, 4.69) is 22.9 Å². The normalized spacial score (nSPS) is 52.1. The molecule has 6 rings (SSSR count). The van der Waals surface area contributed by atoms with E-state index >= 15 is 0 Å². The Hall–Kier alpha value is -1.54. The number of hydrogen-bond donors (Lipinski definition) is 1. The molecule has 1 unspecified atom stereocenters. The zero-order valence-corrected chi connectivity index (χ0v) is 20.4. The van der Waals surface area contributed by atoms with Crippen molar-refractivity contribution in [1.29, 1.82) is 0 Å². The molecule has 5 aliphatic carbocycles. The number of rotatable bonds is 2. The fraction of sp³-hybridized carbons (Fsp3) is 0.857. The summed E-state index contributed by atoms with van der Waals surface area (Å²) in [5.41, 5.74) is 1.29. The number of carbonyl (C=O) groups is 1. The summed E-state index contributed by atoms with van der Waals surface area (Å²) < 4.78 is 5.93. The Bertz CT molecular complexity index is 925. The van der Waals surface area contributed by atoms with Crippen LogP contribution >= 0.6 is 0 Å². The van der Waals surface area contributed by atoms with Gasteiger partial charge in [-0.1, -0.05) is 18.0 Å². The third kappa shape index (κ3) is 2.82. The molecule has 0 aromatic carbocycles. The molecule has 8 atom stereocenters. The highest BCUT2D eigenvalue weighted by molar-refractivity contribution is 5.86. The molecule has 5 saturated carbocycles. The van der Waals surface area contributed by atoms with Crippen molar-refractivity contribution in [2.75, 3.05) is 13.1 Å². The van der Waals surface area contributed by atoms with Gasteiger partial charge in [-0.2, -0.15) is 0 Å². The van der Waals surface area contributed by atoms with E-state index in [1.807, 2.05) is 0 Å². The van der Waals surface area contributed by atoms with Crippen LogP contribution < -0.4 is 0 Å². The second-order valence-corrected chi connectivity index (χ2v) is 12.7. The lowest BCUT2D eigenvalue weighted by Gasteiger charge is -2.57. The lowest BCUT2D eigenvalue weighted by atomic mass is 9.49. The van der Waals surface area contributed by atoms with E-state index in [0.717, 1.165) is 62.7 Å². The molecule has 0 bridgehead atoms. The fourth-order valence-corrected chi connectivity index (χ4v) is 10.4. The molecule has 6 aliphatic rings. The molecule has 6 fully saturated rings. The van der Waals surface area contributed by atoms with Gasteiger partial charge in [-0.25, -0.2) is 0 Å². The van der Waals surface area contributed by atoms with Gasteiger partial charge in [0.1, 0.15) is 0 Å². The lowest BCUT2D eigenvalue weighted by Crippen LogP contribution is -2.55. The van der Waals surface area contributed by atoms with E-state index in [-0.39, 0.29) is 11.4 Å². The predicted molar refractivity (Wildman–Crippen MR) is 127 cm³/mol. The Morgan fingerprint density at radius 3 is 2.76 bits per heavy atom. The van der Waals surface area contributed by atoms with Crippen molar-refractivity contribution in [2.45, 2.75) is 103 Å². The summed E-state index contributed by atoms with van der Waals surface area (Å²) in [6.45, 7) is 5.87. The van der Waals surface area contributed by atoms with Crippen LogP contribution in [0.2, 0.25) is 0 Å². The topological polar surface area (TPSA) is 62.1 Å². The molecule has 5 nitrogen and oxygen atoms in total. The molecule has 0 aromatic rings. The van der Waals surface area contributed by atoms with Gasteiger partial charge in [0, 0.05) is 24.9 Å². The number of carbonyl (C=O) groups excluding carboxylic acids is 1. The number of esters is 1. The van der Waals surface area contributed by atoms with Crippen LogP contribution in [-0.4, -0.2) is 46.5 Å². The van der Waals surface area contributed by atoms with Gasteiger partial charge in [-0.3, -0.25) is 9.69 Å². The Kier molecular flexibility index (Phi) is 4.81. The van der Waals surface area contributed by atoms with Crippen LogP contribution in [-0.2, 0) is 9.53 Å². The highest BCUT2D eigenvalue weighted by Gasteiger charge is 2.77. The molecule has 5 heteroatoms. The van der Waals surface area contributed by atoms with Gasteiger partial charge < -0.3 is 9.94 Å². The molecule has 1 heterocycles. The first-order valence-electron chi connectivity index (χ1n) is 13.4. The summed E-state index contributed by atoms with van der Waals surface area (Å²) in [6.07, 6.45) is 20.6. The first-order chi connectivity index (χ1) is 15.8. The molecule has 0 spiro atoms. The van der Waals surface area contributed by atoms with Crippen molar-refractivity contribution >= 4 is 11.7 Å². The van der Waals surface area contributed by atoms with Crippen LogP contribution in [0.25, 0.3) is 0 Å². The van der Waals surface area contributed by atoms with E-state index in [0.29, 0.717) is 22.8 Å². The van der Waals surface area contributed by atoms with Gasteiger partial charge in [-0.05, 0) is 112 Å². The van der Waals surface area contributed by atoms with Gasteiger partial charge in [-0.15, -0.1) is 6.42 Å². The van der Waals surface area contributed by atoms with Crippen LogP contribution in [0.3, 0.4) is 0 Å². The quantitative estimate of drug-likeness (QED) is 0.277. The number of oxime groups is 1. The Morgan fingerprint density at radius 2 is 2.00 bits per heavy atom. The summed E-state index contributed by atoms with van der Waals surface area (Å²) in [7, 11) is 0. The number of fused-ring (bicyclic) bond motifs is 3. The van der Waals surface area contributed by atoms with Crippen LogP contribution in [0, 0.1) is 46.3 Å². The van der Waals surface area contributed by atoms with Crippen molar-refractivity contribution in [3.05, 3.63) is 0 Å². The molecule has 33 heavy (non-hydrogen) atoms. The Labute approximate surface area is 198 Å². The third-order valence-electron chi connectivity index (χ3n) is 11.9. The average molecular weight is 453 g/mol. The van der Waals surface area contributed by atoms with Gasteiger partial charge in [0.05, 0.1) is 5.71 Å². The van der Waals surface area contributed by atoms with Gasteiger partial charge in [0.25, 0.3) is 0 Å². The van der Waals surface area contributed by atoms with Crippen molar-refractivity contribution in [2.24, 2.45) is 39.2 Å². The number of hydrogen-bond acceptors (Lipinski definition) is 5. The second kappa shape index (κ2) is 7.23. The Balaban J connectivity index is 1.21. The van der Waals surface area contributed by atoms with Crippen molar-refractivity contribution in [3.63, 3.8) is 0 Å². The maximum Gasteiger partial charge on any atom is 0.304 e. The number of nitrogens with zero attached hydrogens (tertiary/aromatic N) is 2. The van der Waals surface area contributed by atoms with E-state index in [1.165, 1.54) is 51.9 Å². The molecule has 1 aliphatic heterocycles. The number of piperidine rings is 1. The van der Waals surface area contributed by atoms with Crippen molar-refractivity contribution < 1.29 is 14.7 Å². The zero-order valence-electron chi connectivity index (χ0n) is 20.4. The molecule has 0 aromatic heterocycles. The number of terminal acetylenes is 1.